The Hall–Kier alpha value is -1.40. The zero-order chi connectivity index (χ0) is 14.1. The van der Waals surface area contributed by atoms with Crippen molar-refractivity contribution < 1.29 is 9.47 Å². The molecule has 0 N–H and O–H groups in total. The first-order valence-corrected chi connectivity index (χ1v) is 7.15. The molecule has 108 valence electrons. The smallest absolute Gasteiger partial charge is 0.245 e. The van der Waals surface area contributed by atoms with Crippen LogP contribution in [0.15, 0.2) is 6.33 Å². The van der Waals surface area contributed by atoms with Gasteiger partial charge >= 0.3 is 0 Å². The van der Waals surface area contributed by atoms with E-state index in [-0.39, 0.29) is 11.5 Å². The Morgan fingerprint density at radius 3 is 3.05 bits per heavy atom. The summed E-state index contributed by atoms with van der Waals surface area (Å²) in [6.07, 6.45) is 3.83. The summed E-state index contributed by atoms with van der Waals surface area (Å²) in [5, 5.41) is -0.213. The molecule has 7 heteroatoms. The van der Waals surface area contributed by atoms with Crippen LogP contribution < -0.4 is 4.74 Å². The number of imidazole rings is 1. The Labute approximate surface area is 122 Å². The Kier molecular flexibility index (Phi) is 3.76. The maximum absolute atomic E-state index is 6.25. The molecule has 0 amide bonds. The summed E-state index contributed by atoms with van der Waals surface area (Å²) in [4.78, 5) is 13.0. The molecule has 2 aromatic rings. The van der Waals surface area contributed by atoms with Gasteiger partial charge in [0.1, 0.15) is 12.2 Å². The number of methoxy groups -OCH3 is 1. The number of aromatic nitrogens is 4. The normalized spacial score (nSPS) is 20.4. The van der Waals surface area contributed by atoms with Gasteiger partial charge in [-0.2, -0.15) is 4.98 Å². The largest absolute Gasteiger partial charge is 0.479 e. The minimum Gasteiger partial charge on any atom is -0.479 e. The van der Waals surface area contributed by atoms with Crippen molar-refractivity contribution in [3.63, 3.8) is 0 Å². The van der Waals surface area contributed by atoms with Crippen molar-refractivity contribution in [1.29, 1.82) is 0 Å². The zero-order valence-electron chi connectivity index (χ0n) is 11.5. The third-order valence-electron chi connectivity index (χ3n) is 3.49. The minimum atomic E-state index is -0.213. The van der Waals surface area contributed by atoms with Crippen LogP contribution in [0, 0.1) is 0 Å². The molecule has 3 heterocycles. The van der Waals surface area contributed by atoms with E-state index in [1.807, 2.05) is 11.5 Å². The number of hydrogen-bond acceptors (Lipinski definition) is 5. The molecule has 0 bridgehead atoms. The van der Waals surface area contributed by atoms with Gasteiger partial charge in [0.25, 0.3) is 0 Å². The fourth-order valence-electron chi connectivity index (χ4n) is 2.56. The van der Waals surface area contributed by atoms with Crippen molar-refractivity contribution in [2.45, 2.75) is 37.8 Å². The van der Waals surface area contributed by atoms with Gasteiger partial charge < -0.3 is 14.0 Å². The Bertz CT molecular complexity index is 608. The Morgan fingerprint density at radius 1 is 1.55 bits per heavy atom. The number of nitrogens with zero attached hydrogens (tertiary/aromatic N) is 4. The second-order valence-electron chi connectivity index (χ2n) is 4.89. The second-order valence-corrected chi connectivity index (χ2v) is 5.54. The monoisotopic (exact) mass is 296 g/mol. The molecule has 2 aromatic heterocycles. The lowest BCUT2D eigenvalue weighted by Crippen LogP contribution is -2.17. The molecule has 2 atom stereocenters. The summed E-state index contributed by atoms with van der Waals surface area (Å²) >= 11 is 6.25. The van der Waals surface area contributed by atoms with Gasteiger partial charge in [0.05, 0.1) is 25.1 Å². The lowest BCUT2D eigenvalue weighted by Gasteiger charge is -2.14. The zero-order valence-corrected chi connectivity index (χ0v) is 12.3. The predicted molar refractivity (Wildman–Crippen MR) is 75.1 cm³/mol. The van der Waals surface area contributed by atoms with Crippen LogP contribution in [0.1, 0.15) is 31.0 Å². The molecule has 3 rings (SSSR count). The molecular weight excluding hydrogens is 280 g/mol. The van der Waals surface area contributed by atoms with Gasteiger partial charge in [-0.05, 0) is 19.8 Å². The second kappa shape index (κ2) is 5.54. The molecule has 0 radical (unpaired) electrons. The average molecular weight is 297 g/mol. The Morgan fingerprint density at radius 2 is 2.40 bits per heavy atom. The maximum Gasteiger partial charge on any atom is 0.245 e. The van der Waals surface area contributed by atoms with Gasteiger partial charge in [-0.15, -0.1) is 11.6 Å². The van der Waals surface area contributed by atoms with Crippen LogP contribution >= 0.6 is 11.6 Å². The summed E-state index contributed by atoms with van der Waals surface area (Å²) in [6, 6.07) is 0. The van der Waals surface area contributed by atoms with E-state index in [0.29, 0.717) is 17.9 Å². The molecule has 6 nitrogen and oxygen atoms in total. The quantitative estimate of drug-likeness (QED) is 0.810. The highest BCUT2D eigenvalue weighted by Gasteiger charge is 2.23. The van der Waals surface area contributed by atoms with Gasteiger partial charge in [0.2, 0.25) is 5.88 Å². The van der Waals surface area contributed by atoms with Crippen molar-refractivity contribution in [2.24, 2.45) is 0 Å². The molecule has 0 saturated carbocycles. The van der Waals surface area contributed by atoms with E-state index in [1.54, 1.807) is 7.11 Å². The van der Waals surface area contributed by atoms with Crippen LogP contribution in [0.2, 0.25) is 0 Å². The van der Waals surface area contributed by atoms with Gasteiger partial charge in [0.15, 0.2) is 11.2 Å². The molecule has 1 saturated heterocycles. The summed E-state index contributed by atoms with van der Waals surface area (Å²) in [6.45, 7) is 3.43. The SMILES string of the molecule is COc1ncnc2c1nc(C(C)Cl)n2CC1CCCO1. The number of rotatable bonds is 4. The first kappa shape index (κ1) is 13.6. The van der Waals surface area contributed by atoms with E-state index in [2.05, 4.69) is 15.0 Å². The van der Waals surface area contributed by atoms with Crippen molar-refractivity contribution in [2.75, 3.05) is 13.7 Å². The van der Waals surface area contributed by atoms with Crippen molar-refractivity contribution in [1.82, 2.24) is 19.5 Å². The minimum absolute atomic E-state index is 0.197. The van der Waals surface area contributed by atoms with E-state index < -0.39 is 0 Å². The lowest BCUT2D eigenvalue weighted by atomic mass is 10.2. The number of alkyl halides is 1. The van der Waals surface area contributed by atoms with Crippen molar-refractivity contribution >= 4 is 22.8 Å². The van der Waals surface area contributed by atoms with Gasteiger partial charge in [-0.3, -0.25) is 0 Å². The van der Waals surface area contributed by atoms with Gasteiger partial charge in [-0.25, -0.2) is 9.97 Å². The van der Waals surface area contributed by atoms with Crippen molar-refractivity contribution in [3.05, 3.63) is 12.2 Å². The number of hydrogen-bond donors (Lipinski definition) is 0. The highest BCUT2D eigenvalue weighted by molar-refractivity contribution is 6.20. The molecule has 20 heavy (non-hydrogen) atoms. The Balaban J connectivity index is 2.08. The van der Waals surface area contributed by atoms with E-state index in [0.717, 1.165) is 30.9 Å². The highest BCUT2D eigenvalue weighted by atomic mass is 35.5. The van der Waals surface area contributed by atoms with Crippen LogP contribution in [-0.2, 0) is 11.3 Å². The molecule has 1 fully saturated rings. The predicted octanol–water partition coefficient (Wildman–Crippen LogP) is 2.31. The standard InChI is InChI=1S/C13H17ClN4O2/c1-8(14)11-17-10-12(15-7-16-13(10)19-2)18(11)6-9-4-3-5-20-9/h7-9H,3-6H2,1-2H3. The van der Waals surface area contributed by atoms with E-state index in [9.17, 15) is 0 Å². The number of ether oxygens (including phenoxy) is 2. The van der Waals surface area contributed by atoms with E-state index in [4.69, 9.17) is 21.1 Å². The molecule has 0 spiro atoms. The summed E-state index contributed by atoms with van der Waals surface area (Å²) in [5.74, 6) is 1.25. The molecule has 0 aliphatic carbocycles. The topological polar surface area (TPSA) is 62.1 Å². The maximum atomic E-state index is 6.25. The highest BCUT2D eigenvalue weighted by Crippen LogP contribution is 2.28. The summed E-state index contributed by atoms with van der Waals surface area (Å²) < 4.78 is 13.0. The lowest BCUT2D eigenvalue weighted by molar-refractivity contribution is 0.0971. The van der Waals surface area contributed by atoms with Crippen LogP contribution in [-0.4, -0.2) is 39.3 Å². The van der Waals surface area contributed by atoms with Crippen LogP contribution in [0.3, 0.4) is 0 Å². The van der Waals surface area contributed by atoms with Gasteiger partial charge in [0, 0.05) is 6.61 Å². The fraction of sp³-hybridized carbons (Fsp3) is 0.615. The average Bonchev–Trinajstić information content (AvgIpc) is 3.07. The van der Waals surface area contributed by atoms with E-state index >= 15 is 0 Å². The number of halogens is 1. The molecule has 1 aliphatic rings. The molecule has 2 unspecified atom stereocenters. The molecular formula is C13H17ClN4O2. The van der Waals surface area contributed by atoms with Crippen LogP contribution in [0.25, 0.3) is 11.2 Å². The third-order valence-corrected chi connectivity index (χ3v) is 3.68. The van der Waals surface area contributed by atoms with Gasteiger partial charge in [-0.1, -0.05) is 0 Å². The van der Waals surface area contributed by atoms with E-state index in [1.165, 1.54) is 6.33 Å². The van der Waals surface area contributed by atoms with Crippen LogP contribution in [0.5, 0.6) is 5.88 Å². The fourth-order valence-corrected chi connectivity index (χ4v) is 2.72. The summed E-state index contributed by atoms with van der Waals surface area (Å²) in [5.41, 5.74) is 1.39. The van der Waals surface area contributed by atoms with Crippen molar-refractivity contribution in [3.8, 4) is 5.88 Å². The number of fused-ring (bicyclic) bond motifs is 1. The first-order valence-electron chi connectivity index (χ1n) is 6.71. The third kappa shape index (κ3) is 2.33. The van der Waals surface area contributed by atoms with Crippen LogP contribution in [0.4, 0.5) is 0 Å². The summed E-state index contributed by atoms with van der Waals surface area (Å²) in [7, 11) is 1.57. The molecule has 0 aromatic carbocycles. The first-order chi connectivity index (χ1) is 9.70. The molecule has 1 aliphatic heterocycles.